The number of benzene rings is 1. The van der Waals surface area contributed by atoms with Gasteiger partial charge in [0.05, 0.1) is 18.6 Å². The Bertz CT molecular complexity index is 497. The molecular formula is C15H21NO4. The maximum absolute atomic E-state index is 12.4. The number of carbonyl (C=O) groups excluding carboxylic acids is 1. The molecule has 2 unspecified atom stereocenters. The van der Waals surface area contributed by atoms with Gasteiger partial charge in [-0.1, -0.05) is 23.8 Å². The summed E-state index contributed by atoms with van der Waals surface area (Å²) in [6.45, 7) is 5.51. The van der Waals surface area contributed by atoms with E-state index in [1.165, 1.54) is 0 Å². The number of rotatable bonds is 7. The summed E-state index contributed by atoms with van der Waals surface area (Å²) in [5.74, 6) is -1.31. The van der Waals surface area contributed by atoms with Crippen molar-refractivity contribution >= 4 is 11.8 Å². The lowest BCUT2D eigenvalue weighted by molar-refractivity contribution is -0.137. The first-order valence-corrected chi connectivity index (χ1v) is 6.56. The third kappa shape index (κ3) is 4.75. The normalized spacial score (nSPS) is 13.8. The second kappa shape index (κ2) is 7.17. The number of carboxylic acid groups (broad SMARTS) is 1. The van der Waals surface area contributed by atoms with Gasteiger partial charge in [0.2, 0.25) is 0 Å². The molecule has 1 rings (SSSR count). The highest BCUT2D eigenvalue weighted by molar-refractivity contribution is 6.02. The molecule has 0 spiro atoms. The number of aliphatic hydroxyl groups excluding tert-OH is 1. The standard InChI is InChI=1S/C15H21NO4/c1-9-4-5-12(10(2)6-9)15(20)13(7-14(18)19)16-8-11(3)17/h4-6,11,13,16-17H,7-8H2,1-3H3,(H,18,19). The molecule has 0 fully saturated rings. The predicted molar refractivity (Wildman–Crippen MR) is 76.0 cm³/mol. The molecule has 1 aromatic carbocycles. The Hall–Kier alpha value is -1.72. The Labute approximate surface area is 118 Å². The highest BCUT2D eigenvalue weighted by Crippen LogP contribution is 2.14. The quantitative estimate of drug-likeness (QED) is 0.655. The summed E-state index contributed by atoms with van der Waals surface area (Å²) in [6, 6.07) is 4.60. The van der Waals surface area contributed by atoms with Gasteiger partial charge in [-0.25, -0.2) is 0 Å². The van der Waals surface area contributed by atoms with Crippen LogP contribution in [0.5, 0.6) is 0 Å². The Morgan fingerprint density at radius 2 is 1.95 bits per heavy atom. The zero-order valence-electron chi connectivity index (χ0n) is 12.0. The predicted octanol–water partition coefficient (Wildman–Crippen LogP) is 1.30. The average Bonchev–Trinajstić information content (AvgIpc) is 2.33. The average molecular weight is 279 g/mol. The van der Waals surface area contributed by atoms with Gasteiger partial charge >= 0.3 is 5.97 Å². The van der Waals surface area contributed by atoms with Crippen molar-refractivity contribution < 1.29 is 19.8 Å². The zero-order valence-corrected chi connectivity index (χ0v) is 12.0. The van der Waals surface area contributed by atoms with Gasteiger partial charge in [-0.2, -0.15) is 0 Å². The van der Waals surface area contributed by atoms with Crippen molar-refractivity contribution in [3.63, 3.8) is 0 Å². The smallest absolute Gasteiger partial charge is 0.305 e. The van der Waals surface area contributed by atoms with Gasteiger partial charge in [-0.15, -0.1) is 0 Å². The molecule has 0 saturated carbocycles. The summed E-state index contributed by atoms with van der Waals surface area (Å²) >= 11 is 0. The number of ketones is 1. The number of carbonyl (C=O) groups is 2. The minimum atomic E-state index is -1.05. The fourth-order valence-electron chi connectivity index (χ4n) is 2.02. The summed E-state index contributed by atoms with van der Waals surface area (Å²) in [4.78, 5) is 23.3. The second-order valence-electron chi connectivity index (χ2n) is 5.09. The van der Waals surface area contributed by atoms with Gasteiger partial charge in [0.1, 0.15) is 0 Å². The van der Waals surface area contributed by atoms with E-state index in [0.29, 0.717) is 5.56 Å². The molecule has 5 heteroatoms. The van der Waals surface area contributed by atoms with Gasteiger partial charge in [0, 0.05) is 12.1 Å². The minimum absolute atomic E-state index is 0.175. The van der Waals surface area contributed by atoms with Gasteiger partial charge in [0.25, 0.3) is 0 Å². The Morgan fingerprint density at radius 1 is 1.30 bits per heavy atom. The highest BCUT2D eigenvalue weighted by Gasteiger charge is 2.24. The number of nitrogens with one attached hydrogen (secondary N) is 1. The number of Topliss-reactive ketones (excluding diaryl/α,β-unsaturated/α-hetero) is 1. The molecule has 20 heavy (non-hydrogen) atoms. The molecule has 0 aliphatic heterocycles. The van der Waals surface area contributed by atoms with Crippen LogP contribution < -0.4 is 5.32 Å². The Morgan fingerprint density at radius 3 is 2.45 bits per heavy atom. The van der Waals surface area contributed by atoms with E-state index in [-0.39, 0.29) is 18.7 Å². The molecule has 3 N–H and O–H groups in total. The van der Waals surface area contributed by atoms with E-state index in [2.05, 4.69) is 5.32 Å². The molecule has 0 bridgehead atoms. The molecule has 0 aliphatic rings. The van der Waals surface area contributed by atoms with Crippen molar-refractivity contribution in [1.29, 1.82) is 0 Å². The summed E-state index contributed by atoms with van der Waals surface area (Å²) in [6.07, 6.45) is -0.947. The lowest BCUT2D eigenvalue weighted by Gasteiger charge is -2.18. The van der Waals surface area contributed by atoms with Crippen molar-refractivity contribution in [3.05, 3.63) is 34.9 Å². The molecule has 2 atom stereocenters. The first-order chi connectivity index (χ1) is 9.31. The van der Waals surface area contributed by atoms with Crippen molar-refractivity contribution in [2.45, 2.75) is 39.3 Å². The number of carboxylic acids is 1. The van der Waals surface area contributed by atoms with Crippen LogP contribution in [0.25, 0.3) is 0 Å². The van der Waals surface area contributed by atoms with Gasteiger partial charge in [-0.05, 0) is 26.3 Å². The first kappa shape index (κ1) is 16.3. The van der Waals surface area contributed by atoms with Crippen LogP contribution in [0.3, 0.4) is 0 Å². The van der Waals surface area contributed by atoms with E-state index >= 15 is 0 Å². The largest absolute Gasteiger partial charge is 0.481 e. The zero-order chi connectivity index (χ0) is 15.3. The summed E-state index contributed by atoms with van der Waals surface area (Å²) in [7, 11) is 0. The van der Waals surface area contributed by atoms with Crippen LogP contribution in [0.2, 0.25) is 0 Å². The number of aliphatic carboxylic acids is 1. The van der Waals surface area contributed by atoms with E-state index in [0.717, 1.165) is 11.1 Å². The van der Waals surface area contributed by atoms with Crippen LogP contribution in [-0.4, -0.2) is 40.7 Å². The van der Waals surface area contributed by atoms with Gasteiger partial charge in [-0.3, -0.25) is 9.59 Å². The van der Waals surface area contributed by atoms with Crippen LogP contribution in [0, 0.1) is 13.8 Å². The lowest BCUT2D eigenvalue weighted by atomic mass is 9.96. The fraction of sp³-hybridized carbons (Fsp3) is 0.467. The van der Waals surface area contributed by atoms with Crippen LogP contribution in [-0.2, 0) is 4.79 Å². The van der Waals surface area contributed by atoms with Crippen LogP contribution in [0.1, 0.15) is 34.8 Å². The molecule has 0 amide bonds. The molecule has 0 aliphatic carbocycles. The van der Waals surface area contributed by atoms with Crippen LogP contribution in [0.15, 0.2) is 18.2 Å². The maximum Gasteiger partial charge on any atom is 0.305 e. The molecule has 110 valence electrons. The van der Waals surface area contributed by atoms with E-state index in [1.807, 2.05) is 26.0 Å². The monoisotopic (exact) mass is 279 g/mol. The molecule has 0 heterocycles. The lowest BCUT2D eigenvalue weighted by Crippen LogP contribution is -2.42. The fourth-order valence-corrected chi connectivity index (χ4v) is 2.02. The van der Waals surface area contributed by atoms with Crippen LogP contribution >= 0.6 is 0 Å². The third-order valence-corrected chi connectivity index (χ3v) is 3.00. The van der Waals surface area contributed by atoms with E-state index < -0.39 is 18.1 Å². The Balaban J connectivity index is 2.93. The third-order valence-electron chi connectivity index (χ3n) is 3.00. The Kier molecular flexibility index (Phi) is 5.85. The molecular weight excluding hydrogens is 258 g/mol. The van der Waals surface area contributed by atoms with Crippen molar-refractivity contribution in [2.75, 3.05) is 6.54 Å². The summed E-state index contributed by atoms with van der Waals surface area (Å²) < 4.78 is 0. The molecule has 0 radical (unpaired) electrons. The van der Waals surface area contributed by atoms with Gasteiger partial charge in [0.15, 0.2) is 5.78 Å². The van der Waals surface area contributed by atoms with Crippen molar-refractivity contribution in [2.24, 2.45) is 0 Å². The topological polar surface area (TPSA) is 86.6 Å². The number of hydrogen-bond donors (Lipinski definition) is 3. The van der Waals surface area contributed by atoms with Crippen molar-refractivity contribution in [1.82, 2.24) is 5.32 Å². The second-order valence-corrected chi connectivity index (χ2v) is 5.09. The first-order valence-electron chi connectivity index (χ1n) is 6.56. The van der Waals surface area contributed by atoms with Gasteiger partial charge < -0.3 is 15.5 Å². The summed E-state index contributed by atoms with van der Waals surface area (Å²) in [5, 5.41) is 21.0. The molecule has 0 saturated heterocycles. The summed E-state index contributed by atoms with van der Waals surface area (Å²) in [5.41, 5.74) is 2.38. The SMILES string of the molecule is Cc1ccc(C(=O)C(CC(=O)O)NCC(C)O)c(C)c1. The maximum atomic E-state index is 12.4. The van der Waals surface area contributed by atoms with Crippen LogP contribution in [0.4, 0.5) is 0 Å². The number of hydrogen-bond acceptors (Lipinski definition) is 4. The van der Waals surface area contributed by atoms with E-state index in [9.17, 15) is 14.7 Å². The minimum Gasteiger partial charge on any atom is -0.481 e. The molecule has 0 aromatic heterocycles. The van der Waals surface area contributed by atoms with Crippen molar-refractivity contribution in [3.8, 4) is 0 Å². The van der Waals surface area contributed by atoms with E-state index in [1.54, 1.807) is 13.0 Å². The highest BCUT2D eigenvalue weighted by atomic mass is 16.4. The van der Waals surface area contributed by atoms with E-state index in [4.69, 9.17) is 5.11 Å². The molecule has 1 aromatic rings. The molecule has 5 nitrogen and oxygen atoms in total. The number of aryl methyl sites for hydroxylation is 2. The number of aliphatic hydroxyl groups is 1.